The second-order valence-corrected chi connectivity index (χ2v) is 7.17. The average Bonchev–Trinajstić information content (AvgIpc) is 2.78. The van der Waals surface area contributed by atoms with Crippen molar-refractivity contribution in [2.24, 2.45) is 5.10 Å². The van der Waals surface area contributed by atoms with Crippen LogP contribution in [0.3, 0.4) is 0 Å². The first-order valence-corrected chi connectivity index (χ1v) is 9.89. The van der Waals surface area contributed by atoms with Crippen LogP contribution in [0.15, 0.2) is 76.3 Å². The number of hydrogen-bond donors (Lipinski definition) is 1. The first kappa shape index (κ1) is 22.0. The summed E-state index contributed by atoms with van der Waals surface area (Å²) >= 11 is 3.48. The molecular weight excluding hydrogens is 466 g/mol. The Morgan fingerprint density at radius 2 is 1.87 bits per heavy atom. The number of non-ortho nitro benzene ring substituents is 1. The van der Waals surface area contributed by atoms with Crippen LogP contribution >= 0.6 is 15.9 Å². The van der Waals surface area contributed by atoms with E-state index in [1.807, 2.05) is 30.3 Å². The number of halogens is 1. The van der Waals surface area contributed by atoms with Crippen molar-refractivity contribution in [1.29, 1.82) is 0 Å². The molecule has 1 amide bonds. The molecule has 0 fully saturated rings. The lowest BCUT2D eigenvalue weighted by molar-refractivity contribution is -0.384. The van der Waals surface area contributed by atoms with Crippen LogP contribution in [0.5, 0.6) is 11.5 Å². The Morgan fingerprint density at radius 1 is 1.16 bits per heavy atom. The maximum absolute atomic E-state index is 12.1. The zero-order chi connectivity index (χ0) is 22.2. The number of nitrogens with one attached hydrogen (secondary N) is 1. The third-order valence-electron chi connectivity index (χ3n) is 4.20. The van der Waals surface area contributed by atoms with Gasteiger partial charge in [-0.1, -0.05) is 30.3 Å². The molecule has 3 aromatic rings. The summed E-state index contributed by atoms with van der Waals surface area (Å²) in [4.78, 5) is 22.3. The molecule has 8 nitrogen and oxygen atoms in total. The molecule has 0 heterocycles. The maximum Gasteiger partial charge on any atom is 0.271 e. The van der Waals surface area contributed by atoms with E-state index in [-0.39, 0.29) is 11.3 Å². The standard InChI is InChI=1S/C22H18BrN3O5/c1-30-20-12-16(11-19(23)21(20)31-14-15-5-3-2-4-6-15)13-24-25-22(27)17-7-9-18(10-8-17)26(28)29/h2-13H,14H2,1H3,(H,25,27)/b24-13-. The Kier molecular flexibility index (Phi) is 7.34. The first-order chi connectivity index (χ1) is 15.0. The summed E-state index contributed by atoms with van der Waals surface area (Å²) in [5, 5.41) is 14.6. The largest absolute Gasteiger partial charge is 0.493 e. The molecule has 0 aliphatic heterocycles. The molecule has 31 heavy (non-hydrogen) atoms. The fourth-order valence-electron chi connectivity index (χ4n) is 2.65. The predicted molar refractivity (Wildman–Crippen MR) is 120 cm³/mol. The van der Waals surface area contributed by atoms with E-state index in [9.17, 15) is 14.9 Å². The third kappa shape index (κ3) is 5.89. The van der Waals surface area contributed by atoms with Crippen LogP contribution in [-0.2, 0) is 6.61 Å². The van der Waals surface area contributed by atoms with Gasteiger partial charge >= 0.3 is 0 Å². The van der Waals surface area contributed by atoms with Crippen LogP contribution in [0.4, 0.5) is 5.69 Å². The molecular formula is C22H18BrN3O5. The van der Waals surface area contributed by atoms with Gasteiger partial charge in [0.05, 0.1) is 22.7 Å². The SMILES string of the molecule is COc1cc(/C=N\NC(=O)c2ccc([N+](=O)[O-])cc2)cc(Br)c1OCc1ccccc1. The van der Waals surface area contributed by atoms with Crippen LogP contribution in [0.1, 0.15) is 21.5 Å². The fraction of sp³-hybridized carbons (Fsp3) is 0.0909. The minimum atomic E-state index is -0.529. The van der Waals surface area contributed by atoms with E-state index in [1.54, 1.807) is 12.1 Å². The van der Waals surface area contributed by atoms with Crippen molar-refractivity contribution < 1.29 is 19.2 Å². The van der Waals surface area contributed by atoms with Crippen molar-refractivity contribution in [1.82, 2.24) is 5.43 Å². The molecule has 0 saturated heterocycles. The van der Waals surface area contributed by atoms with Gasteiger partial charge in [-0.25, -0.2) is 5.43 Å². The molecule has 0 bridgehead atoms. The summed E-state index contributed by atoms with van der Waals surface area (Å²) in [6.45, 7) is 0.383. The minimum Gasteiger partial charge on any atom is -0.493 e. The van der Waals surface area contributed by atoms with Gasteiger partial charge in [-0.2, -0.15) is 5.10 Å². The molecule has 0 aromatic heterocycles. The number of carbonyl (C=O) groups is 1. The topological polar surface area (TPSA) is 103 Å². The monoisotopic (exact) mass is 483 g/mol. The smallest absolute Gasteiger partial charge is 0.271 e. The molecule has 0 aliphatic carbocycles. The van der Waals surface area contributed by atoms with Gasteiger partial charge in [-0.3, -0.25) is 14.9 Å². The van der Waals surface area contributed by atoms with Crippen molar-refractivity contribution in [3.8, 4) is 11.5 Å². The van der Waals surface area contributed by atoms with E-state index >= 15 is 0 Å². The number of ether oxygens (including phenoxy) is 2. The summed E-state index contributed by atoms with van der Waals surface area (Å²) in [5.74, 6) is 0.576. The van der Waals surface area contributed by atoms with E-state index in [4.69, 9.17) is 9.47 Å². The van der Waals surface area contributed by atoms with Crippen LogP contribution in [0.2, 0.25) is 0 Å². The van der Waals surface area contributed by atoms with Crippen molar-refractivity contribution in [2.75, 3.05) is 7.11 Å². The number of methoxy groups -OCH3 is 1. The molecule has 0 unspecified atom stereocenters. The number of nitrogens with zero attached hydrogens (tertiary/aromatic N) is 2. The zero-order valence-corrected chi connectivity index (χ0v) is 18.0. The van der Waals surface area contributed by atoms with E-state index in [0.29, 0.717) is 28.1 Å². The highest BCUT2D eigenvalue weighted by atomic mass is 79.9. The second-order valence-electron chi connectivity index (χ2n) is 6.31. The second kappa shape index (κ2) is 10.4. The van der Waals surface area contributed by atoms with Crippen LogP contribution in [-0.4, -0.2) is 24.2 Å². The Balaban J connectivity index is 1.67. The summed E-state index contributed by atoms with van der Waals surface area (Å²) in [5.41, 5.74) is 4.24. The number of amides is 1. The summed E-state index contributed by atoms with van der Waals surface area (Å²) in [6, 6.07) is 18.5. The van der Waals surface area contributed by atoms with Gasteiger partial charge in [0.1, 0.15) is 6.61 Å². The lowest BCUT2D eigenvalue weighted by Crippen LogP contribution is -2.17. The molecule has 3 aromatic carbocycles. The quantitative estimate of drug-likeness (QED) is 0.284. The van der Waals surface area contributed by atoms with Gasteiger partial charge < -0.3 is 9.47 Å². The Labute approximate surface area is 186 Å². The highest BCUT2D eigenvalue weighted by molar-refractivity contribution is 9.10. The van der Waals surface area contributed by atoms with Gasteiger partial charge in [-0.05, 0) is 51.3 Å². The lowest BCUT2D eigenvalue weighted by atomic mass is 10.2. The van der Waals surface area contributed by atoms with Crippen LogP contribution in [0.25, 0.3) is 0 Å². The molecule has 0 aliphatic rings. The highest BCUT2D eigenvalue weighted by Crippen LogP contribution is 2.36. The van der Waals surface area contributed by atoms with Gasteiger partial charge in [0.2, 0.25) is 0 Å². The number of carbonyl (C=O) groups excluding carboxylic acids is 1. The maximum atomic E-state index is 12.1. The fourth-order valence-corrected chi connectivity index (χ4v) is 3.22. The summed E-state index contributed by atoms with van der Waals surface area (Å²) < 4.78 is 12.0. The lowest BCUT2D eigenvalue weighted by Gasteiger charge is -2.13. The van der Waals surface area contributed by atoms with Crippen molar-refractivity contribution in [3.63, 3.8) is 0 Å². The van der Waals surface area contributed by atoms with Crippen LogP contribution < -0.4 is 14.9 Å². The van der Waals surface area contributed by atoms with E-state index in [0.717, 1.165) is 5.56 Å². The molecule has 0 atom stereocenters. The van der Waals surface area contributed by atoms with Gasteiger partial charge in [0.15, 0.2) is 11.5 Å². The molecule has 0 saturated carbocycles. The predicted octanol–water partition coefficient (Wildman–Crippen LogP) is 4.71. The molecule has 3 rings (SSSR count). The molecule has 158 valence electrons. The van der Waals surface area contributed by atoms with Gasteiger partial charge in [-0.15, -0.1) is 0 Å². The zero-order valence-electron chi connectivity index (χ0n) is 16.4. The van der Waals surface area contributed by atoms with Crippen LogP contribution in [0, 0.1) is 10.1 Å². The highest BCUT2D eigenvalue weighted by Gasteiger charge is 2.12. The van der Waals surface area contributed by atoms with Crippen molar-refractivity contribution in [3.05, 3.63) is 98.0 Å². The third-order valence-corrected chi connectivity index (χ3v) is 4.79. The molecule has 0 spiro atoms. The Bertz CT molecular complexity index is 1100. The first-order valence-electron chi connectivity index (χ1n) is 9.10. The minimum absolute atomic E-state index is 0.0911. The molecule has 1 N–H and O–H groups in total. The number of nitro benzene ring substituents is 1. The number of benzene rings is 3. The summed E-state index contributed by atoms with van der Waals surface area (Å²) in [6.07, 6.45) is 1.46. The average molecular weight is 484 g/mol. The molecule has 0 radical (unpaired) electrons. The number of hydrazone groups is 1. The number of rotatable bonds is 8. The van der Waals surface area contributed by atoms with Crippen molar-refractivity contribution >= 4 is 33.7 Å². The van der Waals surface area contributed by atoms with Gasteiger partial charge in [0, 0.05) is 17.7 Å². The van der Waals surface area contributed by atoms with E-state index < -0.39 is 10.8 Å². The van der Waals surface area contributed by atoms with E-state index in [2.05, 4.69) is 26.5 Å². The summed E-state index contributed by atoms with van der Waals surface area (Å²) in [7, 11) is 1.54. The molecule has 9 heteroatoms. The van der Waals surface area contributed by atoms with Crippen molar-refractivity contribution in [2.45, 2.75) is 6.61 Å². The van der Waals surface area contributed by atoms with Gasteiger partial charge in [0.25, 0.3) is 11.6 Å². The Morgan fingerprint density at radius 3 is 2.52 bits per heavy atom. The van der Waals surface area contributed by atoms with E-state index in [1.165, 1.54) is 37.6 Å². The number of hydrogen-bond acceptors (Lipinski definition) is 6. The Hall–Kier alpha value is -3.72. The normalized spacial score (nSPS) is 10.6. The number of nitro groups is 1.